The summed E-state index contributed by atoms with van der Waals surface area (Å²) in [6.07, 6.45) is -1.95. The van der Waals surface area contributed by atoms with Crippen LogP contribution in [0.3, 0.4) is 0 Å². The third kappa shape index (κ3) is 1.98. The van der Waals surface area contributed by atoms with Gasteiger partial charge < -0.3 is 0 Å². The van der Waals surface area contributed by atoms with Crippen LogP contribution in [0.15, 0.2) is 54.6 Å². The van der Waals surface area contributed by atoms with Crippen molar-refractivity contribution in [1.82, 2.24) is 0 Å². The van der Waals surface area contributed by atoms with Crippen molar-refractivity contribution in [2.75, 3.05) is 0 Å². The highest BCUT2D eigenvalue weighted by molar-refractivity contribution is 7.74. The van der Waals surface area contributed by atoms with E-state index in [4.69, 9.17) is 4.55 Å². The molecule has 0 aliphatic carbocycles. The van der Waals surface area contributed by atoms with Gasteiger partial charge in [-0.1, -0.05) is 54.6 Å². The van der Waals surface area contributed by atoms with Crippen LogP contribution in [0.4, 0.5) is 4.39 Å². The molecule has 0 heterocycles. The van der Waals surface area contributed by atoms with E-state index in [2.05, 4.69) is 4.18 Å². The predicted octanol–water partition coefficient (Wildman–Crippen LogP) is 4.71. The number of halogens is 1. The lowest BCUT2D eigenvalue weighted by Crippen LogP contribution is -2.02. The summed E-state index contributed by atoms with van der Waals surface area (Å²) in [4.78, 5) is 0. The molecule has 0 saturated carbocycles. The molecule has 0 spiro atoms. The second kappa shape index (κ2) is 4.98. The lowest BCUT2D eigenvalue weighted by Gasteiger charge is -2.15. The van der Waals surface area contributed by atoms with Crippen LogP contribution in [0.5, 0.6) is 0 Å². The van der Waals surface area contributed by atoms with E-state index in [0.717, 1.165) is 26.9 Å². The molecule has 0 saturated heterocycles. The van der Waals surface area contributed by atoms with Crippen molar-refractivity contribution in [3.8, 4) is 0 Å². The van der Waals surface area contributed by atoms with Crippen molar-refractivity contribution in [1.29, 1.82) is 0 Å². The van der Waals surface area contributed by atoms with Gasteiger partial charge in [0.1, 0.15) is 0 Å². The topological polar surface area (TPSA) is 46.5 Å². The lowest BCUT2D eigenvalue weighted by molar-refractivity contribution is 0.0736. The maximum Gasteiger partial charge on any atom is 0.305 e. The standard InChI is InChI=1S/C17H11FO3S/c18-17(21-22(19)20)14-9-7-12-5-4-10-2-1-3-11-6-8-13(14)16(12)15(10)11/h1-9,17H,(H,19,20). The van der Waals surface area contributed by atoms with E-state index >= 15 is 0 Å². The van der Waals surface area contributed by atoms with Crippen LogP contribution in [0, 0.1) is 0 Å². The Morgan fingerprint density at radius 2 is 1.50 bits per heavy atom. The first kappa shape index (κ1) is 13.6. The Hall–Kier alpha value is -2.08. The first-order valence-corrected chi connectivity index (χ1v) is 7.77. The maximum atomic E-state index is 14.2. The summed E-state index contributed by atoms with van der Waals surface area (Å²) in [5.41, 5.74) is 0.258. The Bertz CT molecular complexity index is 999. The molecule has 4 aromatic rings. The SMILES string of the molecule is O=S(O)OC(F)c1ccc2ccc3cccc4ccc1c2c34. The fourth-order valence-corrected chi connectivity index (χ4v) is 3.33. The summed E-state index contributed by atoms with van der Waals surface area (Å²) < 4.78 is 38.0. The van der Waals surface area contributed by atoms with E-state index in [1.165, 1.54) is 0 Å². The Morgan fingerprint density at radius 1 is 0.909 bits per heavy atom. The van der Waals surface area contributed by atoms with Gasteiger partial charge in [0.05, 0.1) is 0 Å². The molecule has 0 aliphatic heterocycles. The molecular formula is C17H11FO3S. The normalized spacial score (nSPS) is 14.8. The summed E-state index contributed by atoms with van der Waals surface area (Å²) in [5.74, 6) is 0. The smallest absolute Gasteiger partial charge is 0.284 e. The molecule has 3 nitrogen and oxygen atoms in total. The Kier molecular flexibility index (Phi) is 3.07. The van der Waals surface area contributed by atoms with E-state index in [0.29, 0.717) is 5.39 Å². The molecule has 0 aromatic heterocycles. The van der Waals surface area contributed by atoms with Crippen LogP contribution in [-0.2, 0) is 15.5 Å². The molecule has 4 rings (SSSR count). The van der Waals surface area contributed by atoms with E-state index in [1.54, 1.807) is 12.1 Å². The van der Waals surface area contributed by atoms with Crippen LogP contribution < -0.4 is 0 Å². The molecule has 22 heavy (non-hydrogen) atoms. The highest BCUT2D eigenvalue weighted by Gasteiger charge is 2.19. The van der Waals surface area contributed by atoms with Crippen molar-refractivity contribution in [3.63, 3.8) is 0 Å². The van der Waals surface area contributed by atoms with Gasteiger partial charge in [0.2, 0.25) is 6.36 Å². The fraction of sp³-hybridized carbons (Fsp3) is 0.0588. The number of benzene rings is 4. The summed E-state index contributed by atoms with van der Waals surface area (Å²) in [6.45, 7) is 0. The number of alkyl halides is 1. The second-order valence-corrected chi connectivity index (χ2v) is 5.77. The number of hydrogen-bond acceptors (Lipinski definition) is 2. The molecule has 2 atom stereocenters. The van der Waals surface area contributed by atoms with Gasteiger partial charge in [-0.05, 0) is 32.3 Å². The molecule has 0 bridgehead atoms. The molecule has 2 unspecified atom stereocenters. The van der Waals surface area contributed by atoms with Crippen molar-refractivity contribution in [2.24, 2.45) is 0 Å². The van der Waals surface area contributed by atoms with Crippen LogP contribution in [0.2, 0.25) is 0 Å². The third-order valence-corrected chi connectivity index (χ3v) is 4.31. The summed E-state index contributed by atoms with van der Waals surface area (Å²) in [5, 5.41) is 5.87. The molecule has 0 radical (unpaired) electrons. The Labute approximate surface area is 128 Å². The van der Waals surface area contributed by atoms with Crippen LogP contribution in [0.1, 0.15) is 11.9 Å². The largest absolute Gasteiger partial charge is 0.305 e. The van der Waals surface area contributed by atoms with E-state index in [1.807, 2.05) is 42.5 Å². The zero-order valence-corrected chi connectivity index (χ0v) is 12.1. The van der Waals surface area contributed by atoms with E-state index < -0.39 is 17.7 Å². The molecule has 110 valence electrons. The first-order valence-electron chi connectivity index (χ1n) is 6.73. The third-order valence-electron chi connectivity index (χ3n) is 3.97. The molecule has 0 fully saturated rings. The Morgan fingerprint density at radius 3 is 2.18 bits per heavy atom. The highest BCUT2D eigenvalue weighted by Crippen LogP contribution is 2.38. The minimum atomic E-state index is -2.65. The van der Waals surface area contributed by atoms with Crippen LogP contribution in [-0.4, -0.2) is 8.76 Å². The summed E-state index contributed by atoms with van der Waals surface area (Å²) >= 11 is -2.65. The molecule has 4 aromatic carbocycles. The zero-order valence-electron chi connectivity index (χ0n) is 11.3. The number of hydrogen-bond donors (Lipinski definition) is 1. The first-order chi connectivity index (χ1) is 10.6. The number of rotatable bonds is 3. The maximum absolute atomic E-state index is 14.2. The van der Waals surface area contributed by atoms with Crippen LogP contribution in [0.25, 0.3) is 32.3 Å². The minimum absolute atomic E-state index is 0.258. The van der Waals surface area contributed by atoms with Crippen molar-refractivity contribution in [3.05, 3.63) is 60.2 Å². The van der Waals surface area contributed by atoms with Gasteiger partial charge in [0, 0.05) is 5.56 Å². The molecular weight excluding hydrogens is 303 g/mol. The lowest BCUT2D eigenvalue weighted by atomic mass is 9.92. The van der Waals surface area contributed by atoms with Gasteiger partial charge >= 0.3 is 11.4 Å². The van der Waals surface area contributed by atoms with Gasteiger partial charge in [0.15, 0.2) is 0 Å². The van der Waals surface area contributed by atoms with Gasteiger partial charge in [-0.15, -0.1) is 0 Å². The zero-order chi connectivity index (χ0) is 15.3. The average molecular weight is 314 g/mol. The molecule has 1 N–H and O–H groups in total. The quantitative estimate of drug-likeness (QED) is 0.440. The highest BCUT2D eigenvalue weighted by atomic mass is 32.2. The van der Waals surface area contributed by atoms with Crippen LogP contribution >= 0.6 is 0 Å². The van der Waals surface area contributed by atoms with Gasteiger partial charge in [-0.3, -0.25) is 4.55 Å². The Balaban J connectivity index is 2.10. The average Bonchev–Trinajstić information content (AvgIpc) is 2.51. The van der Waals surface area contributed by atoms with E-state index in [9.17, 15) is 8.60 Å². The summed E-state index contributed by atoms with van der Waals surface area (Å²) in [7, 11) is 0. The second-order valence-electron chi connectivity index (χ2n) is 5.14. The fourth-order valence-electron chi connectivity index (χ4n) is 3.08. The van der Waals surface area contributed by atoms with Gasteiger partial charge in [-0.2, -0.15) is 4.21 Å². The molecule has 0 amide bonds. The van der Waals surface area contributed by atoms with Gasteiger partial charge in [-0.25, -0.2) is 8.57 Å². The minimum Gasteiger partial charge on any atom is -0.284 e. The molecule has 0 aliphatic rings. The van der Waals surface area contributed by atoms with Gasteiger partial charge in [0.25, 0.3) is 0 Å². The van der Waals surface area contributed by atoms with Crippen molar-refractivity contribution >= 4 is 43.7 Å². The molecule has 5 heteroatoms. The summed E-state index contributed by atoms with van der Waals surface area (Å²) in [6, 6.07) is 17.2. The monoisotopic (exact) mass is 314 g/mol. The van der Waals surface area contributed by atoms with E-state index in [-0.39, 0.29) is 5.56 Å². The van der Waals surface area contributed by atoms with Crippen molar-refractivity contribution in [2.45, 2.75) is 6.36 Å². The predicted molar refractivity (Wildman–Crippen MR) is 85.9 cm³/mol. The van der Waals surface area contributed by atoms with Crippen molar-refractivity contribution < 1.29 is 17.3 Å².